The number of methoxy groups -OCH3 is 1. The van der Waals surface area contributed by atoms with Crippen molar-refractivity contribution in [2.45, 2.75) is 33.4 Å². The molecule has 2 aromatic rings. The lowest BCUT2D eigenvalue weighted by atomic mass is 10.2. The number of ether oxygens (including phenoxy) is 1. The van der Waals surface area contributed by atoms with E-state index in [0.29, 0.717) is 0 Å². The van der Waals surface area contributed by atoms with E-state index in [1.165, 1.54) is 5.69 Å². The number of aryl methyl sites for hydroxylation is 2. The minimum atomic E-state index is 0.735. The van der Waals surface area contributed by atoms with Crippen molar-refractivity contribution in [3.05, 3.63) is 40.1 Å². The molecule has 108 valence electrons. The molecule has 1 aromatic heterocycles. The molecule has 0 bridgehead atoms. The van der Waals surface area contributed by atoms with Gasteiger partial charge in [-0.25, -0.2) is 0 Å². The lowest BCUT2D eigenvalue weighted by molar-refractivity contribution is 0.416. The van der Waals surface area contributed by atoms with Gasteiger partial charge in [-0.2, -0.15) is 5.10 Å². The molecule has 1 N–H and O–H groups in total. The maximum absolute atomic E-state index is 5.44. The number of aromatic nitrogens is 2. The molecule has 0 aliphatic rings. The predicted octanol–water partition coefficient (Wildman–Crippen LogP) is 3.98. The molecule has 0 aliphatic heterocycles. The minimum absolute atomic E-state index is 0.735. The van der Waals surface area contributed by atoms with E-state index in [9.17, 15) is 0 Å². The summed E-state index contributed by atoms with van der Waals surface area (Å²) in [4.78, 5) is 0. The Balaban J connectivity index is 2.16. The molecular formula is C15H20BrN3O. The number of benzene rings is 1. The SMILES string of the molecule is CCCn1nccc1CNc1c(C)cc(Br)cc1OC. The zero-order valence-corrected chi connectivity index (χ0v) is 13.7. The number of anilines is 1. The van der Waals surface area contributed by atoms with Gasteiger partial charge < -0.3 is 10.1 Å². The van der Waals surface area contributed by atoms with Gasteiger partial charge in [-0.1, -0.05) is 22.9 Å². The Kier molecular flexibility index (Phi) is 5.06. The van der Waals surface area contributed by atoms with Crippen LogP contribution in [-0.2, 0) is 13.1 Å². The van der Waals surface area contributed by atoms with Crippen LogP contribution in [0.5, 0.6) is 5.75 Å². The van der Waals surface area contributed by atoms with Crippen molar-refractivity contribution in [1.29, 1.82) is 0 Å². The molecule has 0 radical (unpaired) electrons. The van der Waals surface area contributed by atoms with E-state index in [1.54, 1.807) is 7.11 Å². The number of nitrogens with zero attached hydrogens (tertiary/aromatic N) is 2. The van der Waals surface area contributed by atoms with Gasteiger partial charge in [0.15, 0.2) is 0 Å². The fourth-order valence-corrected chi connectivity index (χ4v) is 2.75. The third kappa shape index (κ3) is 3.33. The molecule has 0 fully saturated rings. The fourth-order valence-electron chi connectivity index (χ4n) is 2.20. The van der Waals surface area contributed by atoms with E-state index in [-0.39, 0.29) is 0 Å². The monoisotopic (exact) mass is 337 g/mol. The van der Waals surface area contributed by atoms with Gasteiger partial charge in [0.25, 0.3) is 0 Å². The van der Waals surface area contributed by atoms with Crippen molar-refractivity contribution in [3.8, 4) is 5.75 Å². The Morgan fingerprint density at radius 2 is 2.20 bits per heavy atom. The van der Waals surface area contributed by atoms with Gasteiger partial charge in [-0.3, -0.25) is 4.68 Å². The summed E-state index contributed by atoms with van der Waals surface area (Å²) in [6, 6.07) is 6.09. The fraction of sp³-hybridized carbons (Fsp3) is 0.400. The van der Waals surface area contributed by atoms with E-state index in [4.69, 9.17) is 4.74 Å². The number of hydrogen-bond acceptors (Lipinski definition) is 3. The first-order valence-corrected chi connectivity index (χ1v) is 7.53. The molecule has 2 rings (SSSR count). The number of rotatable bonds is 6. The predicted molar refractivity (Wildman–Crippen MR) is 85.3 cm³/mol. The summed E-state index contributed by atoms with van der Waals surface area (Å²) in [6.45, 7) is 5.90. The van der Waals surface area contributed by atoms with Gasteiger partial charge in [-0.05, 0) is 37.1 Å². The molecule has 0 atom stereocenters. The van der Waals surface area contributed by atoms with Crippen LogP contribution >= 0.6 is 15.9 Å². The largest absolute Gasteiger partial charge is 0.495 e. The molecule has 0 saturated heterocycles. The molecule has 20 heavy (non-hydrogen) atoms. The second kappa shape index (κ2) is 6.79. The molecule has 5 heteroatoms. The number of halogens is 1. The van der Waals surface area contributed by atoms with Crippen LogP contribution in [0.3, 0.4) is 0 Å². The van der Waals surface area contributed by atoms with Crippen molar-refractivity contribution in [2.75, 3.05) is 12.4 Å². The van der Waals surface area contributed by atoms with Crippen LogP contribution in [0.25, 0.3) is 0 Å². The quantitative estimate of drug-likeness (QED) is 0.866. The first kappa shape index (κ1) is 14.9. The van der Waals surface area contributed by atoms with Gasteiger partial charge >= 0.3 is 0 Å². The van der Waals surface area contributed by atoms with Crippen LogP contribution in [0.4, 0.5) is 5.69 Å². The van der Waals surface area contributed by atoms with Gasteiger partial charge in [0.2, 0.25) is 0 Å². The van der Waals surface area contributed by atoms with Crippen LogP contribution in [0, 0.1) is 6.92 Å². The average molecular weight is 338 g/mol. The van der Waals surface area contributed by atoms with Crippen LogP contribution in [-0.4, -0.2) is 16.9 Å². The third-order valence-electron chi connectivity index (χ3n) is 3.17. The molecule has 1 aromatic carbocycles. The lowest BCUT2D eigenvalue weighted by Gasteiger charge is -2.15. The summed E-state index contributed by atoms with van der Waals surface area (Å²) < 4.78 is 8.50. The highest BCUT2D eigenvalue weighted by Crippen LogP contribution is 2.32. The van der Waals surface area contributed by atoms with E-state index >= 15 is 0 Å². The Morgan fingerprint density at radius 3 is 2.90 bits per heavy atom. The summed E-state index contributed by atoms with van der Waals surface area (Å²) in [7, 11) is 1.69. The summed E-state index contributed by atoms with van der Waals surface area (Å²) >= 11 is 3.49. The van der Waals surface area contributed by atoms with Crippen molar-refractivity contribution < 1.29 is 4.74 Å². The summed E-state index contributed by atoms with van der Waals surface area (Å²) in [5, 5.41) is 7.79. The second-order valence-corrected chi connectivity index (χ2v) is 5.61. The first-order chi connectivity index (χ1) is 9.65. The van der Waals surface area contributed by atoms with Crippen molar-refractivity contribution in [1.82, 2.24) is 9.78 Å². The lowest BCUT2D eigenvalue weighted by Crippen LogP contribution is -2.10. The Hall–Kier alpha value is -1.49. The van der Waals surface area contributed by atoms with E-state index < -0.39 is 0 Å². The van der Waals surface area contributed by atoms with E-state index in [2.05, 4.69) is 46.3 Å². The molecule has 0 spiro atoms. The molecule has 0 aliphatic carbocycles. The van der Waals surface area contributed by atoms with Crippen LogP contribution < -0.4 is 10.1 Å². The number of nitrogens with one attached hydrogen (secondary N) is 1. The van der Waals surface area contributed by atoms with Crippen molar-refractivity contribution in [2.24, 2.45) is 0 Å². The van der Waals surface area contributed by atoms with Gasteiger partial charge in [0, 0.05) is 17.2 Å². The van der Waals surface area contributed by atoms with Crippen LogP contribution in [0.1, 0.15) is 24.6 Å². The summed E-state index contributed by atoms with van der Waals surface area (Å²) in [5.41, 5.74) is 3.36. The van der Waals surface area contributed by atoms with Crippen LogP contribution in [0.2, 0.25) is 0 Å². The summed E-state index contributed by atoms with van der Waals surface area (Å²) in [5.74, 6) is 0.846. The highest BCUT2D eigenvalue weighted by molar-refractivity contribution is 9.10. The zero-order chi connectivity index (χ0) is 14.5. The van der Waals surface area contributed by atoms with E-state index in [1.807, 2.05) is 23.0 Å². The zero-order valence-electron chi connectivity index (χ0n) is 12.1. The first-order valence-electron chi connectivity index (χ1n) is 6.74. The standard InChI is InChI=1S/C15H20BrN3O/c1-4-7-19-13(5-6-18-19)10-17-15-11(2)8-12(16)9-14(15)20-3/h5-6,8-9,17H,4,7,10H2,1-3H3. The normalized spacial score (nSPS) is 10.6. The smallest absolute Gasteiger partial charge is 0.143 e. The third-order valence-corrected chi connectivity index (χ3v) is 3.63. The second-order valence-electron chi connectivity index (χ2n) is 4.70. The summed E-state index contributed by atoms with van der Waals surface area (Å²) in [6.07, 6.45) is 2.92. The Morgan fingerprint density at radius 1 is 1.40 bits per heavy atom. The molecular weight excluding hydrogens is 318 g/mol. The maximum Gasteiger partial charge on any atom is 0.143 e. The van der Waals surface area contributed by atoms with E-state index in [0.717, 1.165) is 41.0 Å². The highest BCUT2D eigenvalue weighted by atomic mass is 79.9. The molecule has 4 nitrogen and oxygen atoms in total. The molecule has 1 heterocycles. The van der Waals surface area contributed by atoms with Gasteiger partial charge in [0.05, 0.1) is 25.0 Å². The molecule has 0 unspecified atom stereocenters. The highest BCUT2D eigenvalue weighted by Gasteiger charge is 2.09. The van der Waals surface area contributed by atoms with Crippen LogP contribution in [0.15, 0.2) is 28.9 Å². The average Bonchev–Trinajstić information content (AvgIpc) is 2.85. The van der Waals surface area contributed by atoms with Gasteiger partial charge in [-0.15, -0.1) is 0 Å². The van der Waals surface area contributed by atoms with Gasteiger partial charge in [0.1, 0.15) is 5.75 Å². The maximum atomic E-state index is 5.44. The Labute approximate surface area is 128 Å². The Bertz CT molecular complexity index is 580. The van der Waals surface area contributed by atoms with Crippen molar-refractivity contribution in [3.63, 3.8) is 0 Å². The number of hydrogen-bond donors (Lipinski definition) is 1. The molecule has 0 amide bonds. The topological polar surface area (TPSA) is 39.1 Å². The van der Waals surface area contributed by atoms with Crippen molar-refractivity contribution >= 4 is 21.6 Å². The molecule has 0 saturated carbocycles. The minimum Gasteiger partial charge on any atom is -0.495 e.